The molecule has 1 aliphatic heterocycles. The molecule has 3 rings (SSSR count). The molecule has 0 N–H and O–H groups in total. The second kappa shape index (κ2) is 4.38. The van der Waals surface area contributed by atoms with Crippen LogP contribution >= 0.6 is 15.9 Å². The number of nitrogens with zero attached hydrogens (tertiary/aromatic N) is 3. The first-order chi connectivity index (χ1) is 9.00. The van der Waals surface area contributed by atoms with E-state index in [1.807, 2.05) is 6.92 Å². The number of sulfonamides is 1. The van der Waals surface area contributed by atoms with Crippen LogP contribution in [0, 0.1) is 5.92 Å². The van der Waals surface area contributed by atoms with E-state index in [1.54, 1.807) is 23.0 Å². The second-order valence-electron chi connectivity index (χ2n) is 4.57. The first kappa shape index (κ1) is 12.7. The van der Waals surface area contributed by atoms with Crippen LogP contribution < -0.4 is 4.31 Å². The maximum Gasteiger partial charge on any atom is 0.300 e. The zero-order valence-corrected chi connectivity index (χ0v) is 12.6. The third kappa shape index (κ3) is 1.99. The van der Waals surface area contributed by atoms with Crippen molar-refractivity contribution in [1.82, 2.24) is 9.78 Å². The Balaban J connectivity index is 2.11. The quantitative estimate of drug-likeness (QED) is 0.835. The Morgan fingerprint density at radius 1 is 1.42 bits per heavy atom. The van der Waals surface area contributed by atoms with Gasteiger partial charge < -0.3 is 4.42 Å². The number of fused-ring (bicyclic) bond motifs is 1. The summed E-state index contributed by atoms with van der Waals surface area (Å²) in [6.07, 6.45) is 2.95. The van der Waals surface area contributed by atoms with Crippen LogP contribution in [0.1, 0.15) is 6.92 Å². The van der Waals surface area contributed by atoms with Crippen molar-refractivity contribution in [1.29, 1.82) is 0 Å². The van der Waals surface area contributed by atoms with E-state index in [1.165, 1.54) is 10.6 Å². The Kier molecular flexibility index (Phi) is 2.94. The number of halogens is 1. The zero-order valence-electron chi connectivity index (χ0n) is 10.2. The van der Waals surface area contributed by atoms with E-state index in [2.05, 4.69) is 21.0 Å². The minimum Gasteiger partial charge on any atom is -0.450 e. The van der Waals surface area contributed by atoms with Crippen molar-refractivity contribution < 1.29 is 12.8 Å². The molecule has 0 radical (unpaired) electrons. The number of hydrogen-bond donors (Lipinski definition) is 0. The molecular weight excluding hydrogens is 334 g/mol. The molecule has 3 heterocycles. The maximum absolute atomic E-state index is 12.6. The second-order valence-corrected chi connectivity index (χ2v) is 7.18. The van der Waals surface area contributed by atoms with Gasteiger partial charge in [0.05, 0.1) is 16.9 Å². The van der Waals surface area contributed by atoms with Crippen molar-refractivity contribution in [3.8, 4) is 0 Å². The molecular formula is C11H12BrN3O3S. The van der Waals surface area contributed by atoms with Gasteiger partial charge in [0.2, 0.25) is 0 Å². The summed E-state index contributed by atoms with van der Waals surface area (Å²) in [4.78, 5) is 0. The summed E-state index contributed by atoms with van der Waals surface area (Å²) >= 11 is 3.19. The van der Waals surface area contributed by atoms with Crippen LogP contribution in [0.25, 0.3) is 0 Å². The minimum atomic E-state index is -3.71. The number of aromatic nitrogens is 2. The number of hydrogen-bond acceptors (Lipinski definition) is 4. The monoisotopic (exact) mass is 345 g/mol. The number of anilines is 1. The Morgan fingerprint density at radius 3 is 2.89 bits per heavy atom. The molecule has 1 aliphatic rings. The Bertz CT molecular complexity index is 706. The molecule has 0 fully saturated rings. The number of furan rings is 1. The Labute approximate surface area is 119 Å². The van der Waals surface area contributed by atoms with Gasteiger partial charge in [-0.2, -0.15) is 13.5 Å². The lowest BCUT2D eigenvalue weighted by Crippen LogP contribution is -2.41. The average molecular weight is 346 g/mol. The molecule has 6 nitrogen and oxygen atoms in total. The van der Waals surface area contributed by atoms with E-state index in [0.717, 1.165) is 0 Å². The van der Waals surface area contributed by atoms with E-state index < -0.39 is 10.0 Å². The molecule has 0 aromatic carbocycles. The fourth-order valence-electron chi connectivity index (χ4n) is 2.19. The third-order valence-electron chi connectivity index (χ3n) is 3.02. The van der Waals surface area contributed by atoms with E-state index >= 15 is 0 Å². The van der Waals surface area contributed by atoms with Crippen LogP contribution in [0.2, 0.25) is 0 Å². The van der Waals surface area contributed by atoms with Crippen molar-refractivity contribution in [2.24, 2.45) is 5.92 Å². The summed E-state index contributed by atoms with van der Waals surface area (Å²) in [5.74, 6) is 0.761. The summed E-state index contributed by atoms with van der Waals surface area (Å²) in [5.41, 5.74) is 0. The molecule has 2 aromatic rings. The highest BCUT2D eigenvalue weighted by molar-refractivity contribution is 9.10. The van der Waals surface area contributed by atoms with Crippen LogP contribution in [0.3, 0.4) is 0 Å². The van der Waals surface area contributed by atoms with Crippen LogP contribution in [0.5, 0.6) is 0 Å². The van der Waals surface area contributed by atoms with Gasteiger partial charge in [-0.05, 0) is 27.9 Å². The van der Waals surface area contributed by atoms with Crippen molar-refractivity contribution in [2.45, 2.75) is 18.6 Å². The van der Waals surface area contributed by atoms with Gasteiger partial charge in [-0.25, -0.2) is 8.99 Å². The average Bonchev–Trinajstić information content (AvgIpc) is 2.96. The lowest BCUT2D eigenvalue weighted by Gasteiger charge is -2.31. The van der Waals surface area contributed by atoms with Gasteiger partial charge in [0.1, 0.15) is 5.82 Å². The minimum absolute atomic E-state index is 0.0747. The summed E-state index contributed by atoms with van der Waals surface area (Å²) < 4.78 is 33.8. The van der Waals surface area contributed by atoms with Crippen LogP contribution in [0.15, 0.2) is 38.6 Å². The molecule has 0 aliphatic carbocycles. The van der Waals surface area contributed by atoms with Crippen LogP contribution in [-0.2, 0) is 16.6 Å². The van der Waals surface area contributed by atoms with Crippen LogP contribution in [-0.4, -0.2) is 24.7 Å². The van der Waals surface area contributed by atoms with Gasteiger partial charge in [0, 0.05) is 19.2 Å². The van der Waals surface area contributed by atoms with Gasteiger partial charge in [-0.3, -0.25) is 0 Å². The summed E-state index contributed by atoms with van der Waals surface area (Å²) in [7, 11) is -3.71. The summed E-state index contributed by atoms with van der Waals surface area (Å²) in [6, 6.07) is 3.26. The smallest absolute Gasteiger partial charge is 0.300 e. The molecule has 0 bridgehead atoms. The highest BCUT2D eigenvalue weighted by atomic mass is 79.9. The highest BCUT2D eigenvalue weighted by Crippen LogP contribution is 2.32. The fraction of sp³-hybridized carbons (Fsp3) is 0.364. The highest BCUT2D eigenvalue weighted by Gasteiger charge is 2.35. The predicted octanol–water partition coefficient (Wildman–Crippen LogP) is 2.08. The van der Waals surface area contributed by atoms with Gasteiger partial charge in [-0.1, -0.05) is 6.92 Å². The van der Waals surface area contributed by atoms with E-state index in [0.29, 0.717) is 23.4 Å². The van der Waals surface area contributed by atoms with Crippen molar-refractivity contribution in [3.05, 3.63) is 29.1 Å². The standard InChI is InChI=1S/C11H12BrN3O3S/c1-8-6-14-10(2-4-13-14)15(7-8)19(16,17)11-9(12)3-5-18-11/h2-5,8H,6-7H2,1H3. The molecule has 1 atom stereocenters. The SMILES string of the molecule is CC1CN(S(=O)(=O)c2occc2Br)c2ccnn2C1. The molecule has 0 saturated heterocycles. The third-order valence-corrected chi connectivity index (χ3v) is 5.61. The topological polar surface area (TPSA) is 68.3 Å². The van der Waals surface area contributed by atoms with Crippen molar-refractivity contribution in [3.63, 3.8) is 0 Å². The van der Waals surface area contributed by atoms with Gasteiger partial charge in [0.15, 0.2) is 0 Å². The lowest BCUT2D eigenvalue weighted by atomic mass is 10.1. The van der Waals surface area contributed by atoms with E-state index in [4.69, 9.17) is 4.42 Å². The summed E-state index contributed by atoms with van der Waals surface area (Å²) in [5, 5.41) is 4.07. The molecule has 102 valence electrons. The Morgan fingerprint density at radius 2 is 2.21 bits per heavy atom. The zero-order chi connectivity index (χ0) is 13.6. The predicted molar refractivity (Wildman–Crippen MR) is 72.3 cm³/mol. The van der Waals surface area contributed by atoms with Crippen molar-refractivity contribution in [2.75, 3.05) is 10.8 Å². The van der Waals surface area contributed by atoms with Gasteiger partial charge >= 0.3 is 0 Å². The Hall–Kier alpha value is -1.28. The summed E-state index contributed by atoms with van der Waals surface area (Å²) in [6.45, 7) is 3.12. The first-order valence-electron chi connectivity index (χ1n) is 5.77. The van der Waals surface area contributed by atoms with Gasteiger partial charge in [0.25, 0.3) is 15.1 Å². The van der Waals surface area contributed by atoms with Gasteiger partial charge in [-0.15, -0.1) is 0 Å². The largest absolute Gasteiger partial charge is 0.450 e. The maximum atomic E-state index is 12.6. The molecule has 2 aromatic heterocycles. The molecule has 0 amide bonds. The molecule has 0 spiro atoms. The lowest BCUT2D eigenvalue weighted by molar-refractivity contribution is 0.413. The van der Waals surface area contributed by atoms with E-state index in [-0.39, 0.29) is 11.0 Å². The molecule has 1 unspecified atom stereocenters. The molecule has 0 saturated carbocycles. The number of rotatable bonds is 2. The molecule has 19 heavy (non-hydrogen) atoms. The van der Waals surface area contributed by atoms with Crippen LogP contribution in [0.4, 0.5) is 5.82 Å². The van der Waals surface area contributed by atoms with Crippen molar-refractivity contribution >= 4 is 31.8 Å². The first-order valence-corrected chi connectivity index (χ1v) is 8.01. The fourth-order valence-corrected chi connectivity index (χ4v) is 4.55. The molecule has 8 heteroatoms. The normalized spacial score (nSPS) is 19.5. The van der Waals surface area contributed by atoms with E-state index in [9.17, 15) is 8.42 Å².